The van der Waals surface area contributed by atoms with Crippen LogP contribution in [0.4, 0.5) is 0 Å². The van der Waals surface area contributed by atoms with Crippen molar-refractivity contribution in [1.82, 2.24) is 0 Å². The van der Waals surface area contributed by atoms with E-state index in [-0.39, 0.29) is 0 Å². The van der Waals surface area contributed by atoms with Gasteiger partial charge in [-0.05, 0) is 0 Å². The summed E-state index contributed by atoms with van der Waals surface area (Å²) in [7, 11) is 2.06. The Bertz CT molecular complexity index is 93.6. The van der Waals surface area contributed by atoms with E-state index in [1.165, 1.54) is 19.2 Å². The monoisotopic (exact) mass is 137 g/mol. The fraction of sp³-hybridized carbons (Fsp3) is 1.00. The molecule has 56 valence electrons. The van der Waals surface area contributed by atoms with Crippen molar-refractivity contribution < 1.29 is 0 Å². The molecule has 0 fully saturated rings. The van der Waals surface area contributed by atoms with Gasteiger partial charge in [0.2, 0.25) is 0 Å². The van der Waals surface area contributed by atoms with Crippen molar-refractivity contribution in [3.63, 3.8) is 0 Å². The van der Waals surface area contributed by atoms with E-state index < -0.39 is 0 Å². The van der Waals surface area contributed by atoms with Crippen LogP contribution in [0.1, 0.15) is 26.7 Å². The zero-order valence-corrected chi connectivity index (χ0v) is 7.43. The second kappa shape index (κ2) is 7.04. The minimum atomic E-state index is 0.538. The summed E-state index contributed by atoms with van der Waals surface area (Å²) in [4.78, 5) is 4.38. The quantitative estimate of drug-likeness (QED) is 0.516. The minimum absolute atomic E-state index is 0.538. The van der Waals surface area contributed by atoms with Crippen LogP contribution < -0.4 is 0 Å². The molecule has 3 heteroatoms. The van der Waals surface area contributed by atoms with E-state index in [1.54, 1.807) is 0 Å². The maximum absolute atomic E-state index is 4.38. The summed E-state index contributed by atoms with van der Waals surface area (Å²) in [5.41, 5.74) is 0. The van der Waals surface area contributed by atoms with E-state index in [0.717, 1.165) is 6.32 Å². The molecule has 0 bridgehead atoms. The summed E-state index contributed by atoms with van der Waals surface area (Å²) in [6, 6.07) is 0. The van der Waals surface area contributed by atoms with Gasteiger partial charge in [-0.15, -0.1) is 0 Å². The van der Waals surface area contributed by atoms with Crippen molar-refractivity contribution in [3.8, 4) is 0 Å². The van der Waals surface area contributed by atoms with E-state index in [9.17, 15) is 0 Å². The molecular weight excluding hydrogens is 120 g/mol. The molecule has 0 saturated carbocycles. The first-order valence-corrected chi connectivity index (χ1v) is 4.32. The molecule has 0 unspecified atom stereocenters. The molecule has 0 aromatic carbocycles. The van der Waals surface area contributed by atoms with Crippen LogP contribution in [0, 0.1) is 0 Å². The van der Waals surface area contributed by atoms with Crippen LogP contribution in [0.25, 0.3) is 0 Å². The third-order valence-corrected chi connectivity index (χ3v) is 1.48. The predicted molar refractivity (Wildman–Crippen MR) is 50.0 cm³/mol. The first kappa shape index (κ1) is 9.93. The Morgan fingerprint density at radius 2 is 2.00 bits per heavy atom. The van der Waals surface area contributed by atoms with Gasteiger partial charge in [-0.3, -0.25) is 0 Å². The molecule has 0 heterocycles. The molecule has 0 aliphatic rings. The summed E-state index contributed by atoms with van der Waals surface area (Å²) in [5, 5.41) is 0. The predicted octanol–water partition coefficient (Wildman–Crippen LogP) is 2.73. The number of hydrogen-bond acceptors (Lipinski definition) is 1. The molecule has 0 amide bonds. The first-order chi connectivity index (χ1) is 4.81. The van der Waals surface area contributed by atoms with E-state index in [2.05, 4.69) is 32.5 Å². The van der Waals surface area contributed by atoms with Crippen LogP contribution in [0.5, 0.6) is 0 Å². The Morgan fingerprint density at radius 1 is 1.30 bits per heavy atom. The Balaban J connectivity index is 3.26. The summed E-state index contributed by atoms with van der Waals surface area (Å²) in [6.07, 6.45) is 4.81. The van der Waals surface area contributed by atoms with Crippen molar-refractivity contribution in [1.29, 1.82) is 0 Å². The third kappa shape index (κ3) is 6.06. The second-order valence-electron chi connectivity index (χ2n) is 2.76. The van der Waals surface area contributed by atoms with Crippen molar-refractivity contribution in [2.45, 2.75) is 46.2 Å². The average molecular weight is 137 g/mol. The standard InChI is InChI=1S/C7H17B2N/c1-4-6-8-10-9(3)7-5-2/h4-7H2,1-3H3. The average Bonchev–Trinajstić information content (AvgIpc) is 1.89. The van der Waals surface area contributed by atoms with Gasteiger partial charge in [0.25, 0.3) is 0 Å². The number of nitrogens with zero attached hydrogens (tertiary/aromatic N) is 1. The van der Waals surface area contributed by atoms with Crippen LogP contribution in [0.15, 0.2) is 4.81 Å². The van der Waals surface area contributed by atoms with Crippen molar-refractivity contribution in [3.05, 3.63) is 0 Å². The Morgan fingerprint density at radius 3 is 2.50 bits per heavy atom. The molecule has 0 N–H and O–H groups in total. The van der Waals surface area contributed by atoms with E-state index in [1.807, 2.05) is 0 Å². The van der Waals surface area contributed by atoms with E-state index in [0.29, 0.717) is 6.85 Å². The van der Waals surface area contributed by atoms with Gasteiger partial charge in [-0.1, -0.05) is 0 Å². The molecule has 10 heavy (non-hydrogen) atoms. The molecule has 0 radical (unpaired) electrons. The molecule has 0 aromatic heterocycles. The van der Waals surface area contributed by atoms with Gasteiger partial charge in [0.1, 0.15) is 0 Å². The fourth-order valence-corrected chi connectivity index (χ4v) is 0.876. The Hall–Kier alpha value is -0.0701. The summed E-state index contributed by atoms with van der Waals surface area (Å²) in [6.45, 7) is 7.09. The summed E-state index contributed by atoms with van der Waals surface area (Å²) >= 11 is 0. The van der Waals surface area contributed by atoms with Gasteiger partial charge >= 0.3 is 64.9 Å². The van der Waals surface area contributed by atoms with Gasteiger partial charge in [0.15, 0.2) is 0 Å². The van der Waals surface area contributed by atoms with Gasteiger partial charge in [0, 0.05) is 0 Å². The molecule has 0 rings (SSSR count). The van der Waals surface area contributed by atoms with Gasteiger partial charge in [-0.2, -0.15) is 0 Å². The van der Waals surface area contributed by atoms with Crippen LogP contribution in [-0.4, -0.2) is 13.9 Å². The second-order valence-corrected chi connectivity index (χ2v) is 2.76. The van der Waals surface area contributed by atoms with Crippen molar-refractivity contribution in [2.75, 3.05) is 0 Å². The molecule has 0 spiro atoms. The normalized spacial score (nSPS) is 9.90. The van der Waals surface area contributed by atoms with Crippen molar-refractivity contribution in [2.24, 2.45) is 4.81 Å². The van der Waals surface area contributed by atoms with Gasteiger partial charge in [0.05, 0.1) is 0 Å². The fourth-order valence-electron chi connectivity index (χ4n) is 0.876. The third-order valence-electron chi connectivity index (χ3n) is 1.48. The first-order valence-electron chi connectivity index (χ1n) is 4.32. The Labute approximate surface area is 65.7 Å². The van der Waals surface area contributed by atoms with Crippen LogP contribution in [0.2, 0.25) is 19.5 Å². The molecule has 0 aliphatic heterocycles. The van der Waals surface area contributed by atoms with Crippen molar-refractivity contribution >= 4 is 13.9 Å². The molecule has 0 saturated heterocycles. The topological polar surface area (TPSA) is 12.4 Å². The Kier molecular flexibility index (Phi) is 6.99. The maximum atomic E-state index is 4.38. The SMILES string of the molecule is CCCB=NB(C)CCC. The summed E-state index contributed by atoms with van der Waals surface area (Å²) in [5.74, 6) is 0. The van der Waals surface area contributed by atoms with Crippen LogP contribution in [0.3, 0.4) is 0 Å². The van der Waals surface area contributed by atoms with E-state index >= 15 is 0 Å². The van der Waals surface area contributed by atoms with Crippen LogP contribution in [-0.2, 0) is 0 Å². The van der Waals surface area contributed by atoms with E-state index in [4.69, 9.17) is 0 Å². The number of hydrogen-bond donors (Lipinski definition) is 0. The zero-order valence-electron chi connectivity index (χ0n) is 7.43. The van der Waals surface area contributed by atoms with Crippen LogP contribution >= 0.6 is 0 Å². The number of rotatable bonds is 5. The summed E-state index contributed by atoms with van der Waals surface area (Å²) < 4.78 is 0. The molecule has 0 atom stereocenters. The molecule has 0 aromatic rings. The molecule has 1 nitrogen and oxygen atoms in total. The zero-order chi connectivity index (χ0) is 7.82. The van der Waals surface area contributed by atoms with Gasteiger partial charge < -0.3 is 0 Å². The molecule has 0 aliphatic carbocycles. The van der Waals surface area contributed by atoms with Gasteiger partial charge in [-0.25, -0.2) is 0 Å². The molecular formula is C7H17B2N.